The molecule has 30 heavy (non-hydrogen) atoms. The number of carbonyl (C=O) groups excluding carboxylic acids is 1. The Labute approximate surface area is 173 Å². The highest BCUT2D eigenvalue weighted by Crippen LogP contribution is 2.30. The van der Waals surface area contributed by atoms with Crippen LogP contribution in [0.1, 0.15) is 23.6 Å². The van der Waals surface area contributed by atoms with Crippen LogP contribution in [0.5, 0.6) is 0 Å². The Bertz CT molecular complexity index is 1160. The molecule has 0 saturated carbocycles. The number of rotatable bonds is 6. The molecule has 0 atom stereocenters. The van der Waals surface area contributed by atoms with Crippen LogP contribution in [0.2, 0.25) is 0 Å². The van der Waals surface area contributed by atoms with Crippen molar-refractivity contribution in [3.8, 4) is 11.1 Å². The molecule has 0 saturated heterocycles. The molecule has 0 bridgehead atoms. The molecule has 1 amide bonds. The summed E-state index contributed by atoms with van der Waals surface area (Å²) in [6.07, 6.45) is 3.40. The Morgan fingerprint density at radius 2 is 1.83 bits per heavy atom. The van der Waals surface area contributed by atoms with Gasteiger partial charge in [0.25, 0.3) is 5.56 Å². The third-order valence-corrected chi connectivity index (χ3v) is 4.94. The Morgan fingerprint density at radius 1 is 1.13 bits per heavy atom. The number of amides is 1. The number of halogens is 2. The number of nitrogens with one attached hydrogen (secondary N) is 1. The van der Waals surface area contributed by atoms with E-state index in [1.165, 1.54) is 22.8 Å². The number of pyridine rings is 1. The third-order valence-electron chi connectivity index (χ3n) is 4.94. The number of aryl methyl sites for hydroxylation is 2. The van der Waals surface area contributed by atoms with E-state index in [2.05, 4.69) is 11.9 Å². The lowest BCUT2D eigenvalue weighted by atomic mass is 9.93. The van der Waals surface area contributed by atoms with Crippen molar-refractivity contribution in [3.05, 3.63) is 100.0 Å². The van der Waals surface area contributed by atoms with Crippen molar-refractivity contribution in [1.82, 2.24) is 4.57 Å². The van der Waals surface area contributed by atoms with E-state index < -0.39 is 11.6 Å². The van der Waals surface area contributed by atoms with Crippen LogP contribution >= 0.6 is 0 Å². The van der Waals surface area contributed by atoms with Gasteiger partial charge < -0.3 is 9.88 Å². The van der Waals surface area contributed by atoms with E-state index in [1.807, 2.05) is 6.92 Å². The van der Waals surface area contributed by atoms with E-state index in [0.717, 1.165) is 11.6 Å². The standard InChI is InChI=1S/C24H22F2N2O2/c1-4-15-11-17(14-28(3)24(15)30)19-13-18(27-23(29)5-2)10-9-16(19)12-20-21(25)7-6-8-22(20)26/h5-11,13-14H,2,4,12H2,1,3H3,(H,27,29). The minimum atomic E-state index is -0.625. The molecule has 1 aromatic heterocycles. The maximum atomic E-state index is 14.2. The number of anilines is 1. The zero-order valence-electron chi connectivity index (χ0n) is 16.8. The van der Waals surface area contributed by atoms with Crippen molar-refractivity contribution in [2.24, 2.45) is 7.05 Å². The van der Waals surface area contributed by atoms with E-state index in [4.69, 9.17) is 0 Å². The van der Waals surface area contributed by atoms with Crippen LogP contribution in [0.25, 0.3) is 11.1 Å². The fourth-order valence-electron chi connectivity index (χ4n) is 3.34. The largest absolute Gasteiger partial charge is 0.323 e. The predicted molar refractivity (Wildman–Crippen MR) is 114 cm³/mol. The van der Waals surface area contributed by atoms with Crippen LogP contribution in [0.4, 0.5) is 14.5 Å². The lowest BCUT2D eigenvalue weighted by molar-refractivity contribution is -0.111. The van der Waals surface area contributed by atoms with Crippen LogP contribution in [-0.4, -0.2) is 10.5 Å². The molecular formula is C24H22F2N2O2. The zero-order chi connectivity index (χ0) is 21.8. The van der Waals surface area contributed by atoms with Crippen LogP contribution in [0.15, 0.2) is 66.1 Å². The lowest BCUT2D eigenvalue weighted by Gasteiger charge is -2.15. The molecule has 6 heteroatoms. The summed E-state index contributed by atoms with van der Waals surface area (Å²) in [5.41, 5.74) is 3.05. The average Bonchev–Trinajstić information content (AvgIpc) is 2.73. The maximum Gasteiger partial charge on any atom is 0.253 e. The molecule has 1 N–H and O–H groups in total. The molecule has 1 heterocycles. The average molecular weight is 408 g/mol. The Morgan fingerprint density at radius 3 is 2.47 bits per heavy atom. The highest BCUT2D eigenvalue weighted by molar-refractivity contribution is 5.99. The number of hydrogen-bond donors (Lipinski definition) is 1. The molecule has 0 aliphatic heterocycles. The fourth-order valence-corrected chi connectivity index (χ4v) is 3.34. The van der Waals surface area contributed by atoms with E-state index in [0.29, 0.717) is 28.8 Å². The van der Waals surface area contributed by atoms with E-state index in [9.17, 15) is 18.4 Å². The van der Waals surface area contributed by atoms with Crippen molar-refractivity contribution in [3.63, 3.8) is 0 Å². The number of carbonyl (C=O) groups is 1. The minimum absolute atomic E-state index is 0.0217. The summed E-state index contributed by atoms with van der Waals surface area (Å²) in [6.45, 7) is 5.33. The SMILES string of the molecule is C=CC(=O)Nc1ccc(Cc2c(F)cccc2F)c(-c2cc(CC)c(=O)n(C)c2)c1. The molecule has 0 radical (unpaired) electrons. The summed E-state index contributed by atoms with van der Waals surface area (Å²) in [4.78, 5) is 24.0. The summed E-state index contributed by atoms with van der Waals surface area (Å²) in [5.74, 6) is -1.62. The highest BCUT2D eigenvalue weighted by Gasteiger charge is 2.15. The van der Waals surface area contributed by atoms with Crippen molar-refractivity contribution in [1.29, 1.82) is 0 Å². The lowest BCUT2D eigenvalue weighted by Crippen LogP contribution is -2.20. The van der Waals surface area contributed by atoms with Gasteiger partial charge in [0.2, 0.25) is 5.91 Å². The van der Waals surface area contributed by atoms with Crippen molar-refractivity contribution >= 4 is 11.6 Å². The number of nitrogens with zero attached hydrogens (tertiary/aromatic N) is 1. The van der Waals surface area contributed by atoms with E-state index in [-0.39, 0.29) is 23.5 Å². The van der Waals surface area contributed by atoms with Gasteiger partial charge >= 0.3 is 0 Å². The quantitative estimate of drug-likeness (QED) is 0.606. The first kappa shape index (κ1) is 21.2. The molecule has 0 unspecified atom stereocenters. The van der Waals surface area contributed by atoms with Gasteiger partial charge in [0.15, 0.2) is 0 Å². The molecular weight excluding hydrogens is 386 g/mol. The molecule has 3 rings (SSSR count). The topological polar surface area (TPSA) is 51.1 Å². The first-order valence-corrected chi connectivity index (χ1v) is 9.53. The zero-order valence-corrected chi connectivity index (χ0v) is 16.8. The van der Waals surface area contributed by atoms with Gasteiger partial charge in [-0.15, -0.1) is 0 Å². The molecule has 2 aromatic carbocycles. The summed E-state index contributed by atoms with van der Waals surface area (Å²) in [5, 5.41) is 2.70. The Hall–Kier alpha value is -3.54. The fraction of sp³-hybridized carbons (Fsp3) is 0.167. The van der Waals surface area contributed by atoms with E-state index in [1.54, 1.807) is 37.5 Å². The van der Waals surface area contributed by atoms with Gasteiger partial charge in [0, 0.05) is 36.5 Å². The molecule has 154 valence electrons. The molecule has 0 aliphatic rings. The molecule has 0 fully saturated rings. The third kappa shape index (κ3) is 4.38. The monoisotopic (exact) mass is 408 g/mol. The second kappa shape index (κ2) is 8.86. The first-order valence-electron chi connectivity index (χ1n) is 9.53. The van der Waals surface area contributed by atoms with Gasteiger partial charge in [0.1, 0.15) is 11.6 Å². The van der Waals surface area contributed by atoms with Gasteiger partial charge in [-0.25, -0.2) is 8.78 Å². The Kier molecular flexibility index (Phi) is 6.26. The number of hydrogen-bond acceptors (Lipinski definition) is 2. The molecule has 0 aliphatic carbocycles. The second-order valence-corrected chi connectivity index (χ2v) is 6.97. The molecule has 0 spiro atoms. The molecule has 4 nitrogen and oxygen atoms in total. The van der Waals surface area contributed by atoms with Gasteiger partial charge in [-0.05, 0) is 59.5 Å². The van der Waals surface area contributed by atoms with Crippen molar-refractivity contribution < 1.29 is 13.6 Å². The summed E-state index contributed by atoms with van der Waals surface area (Å²) in [6, 6.07) is 10.7. The number of aromatic nitrogens is 1. The van der Waals surface area contributed by atoms with E-state index >= 15 is 0 Å². The molecule has 3 aromatic rings. The normalized spacial score (nSPS) is 10.7. The van der Waals surface area contributed by atoms with Gasteiger partial charge in [-0.1, -0.05) is 25.6 Å². The first-order chi connectivity index (χ1) is 14.3. The Balaban J connectivity index is 2.18. The minimum Gasteiger partial charge on any atom is -0.323 e. The van der Waals surface area contributed by atoms with Crippen LogP contribution in [0.3, 0.4) is 0 Å². The highest BCUT2D eigenvalue weighted by atomic mass is 19.1. The van der Waals surface area contributed by atoms with Crippen molar-refractivity contribution in [2.45, 2.75) is 19.8 Å². The second-order valence-electron chi connectivity index (χ2n) is 6.97. The van der Waals surface area contributed by atoms with Gasteiger partial charge in [0.05, 0.1) is 0 Å². The van der Waals surface area contributed by atoms with Crippen LogP contribution in [0, 0.1) is 11.6 Å². The van der Waals surface area contributed by atoms with Crippen LogP contribution < -0.4 is 10.9 Å². The number of benzene rings is 2. The van der Waals surface area contributed by atoms with Crippen molar-refractivity contribution in [2.75, 3.05) is 5.32 Å². The summed E-state index contributed by atoms with van der Waals surface area (Å²) in [7, 11) is 1.66. The summed E-state index contributed by atoms with van der Waals surface area (Å²) < 4.78 is 30.0. The maximum absolute atomic E-state index is 14.2. The summed E-state index contributed by atoms with van der Waals surface area (Å²) >= 11 is 0. The van der Waals surface area contributed by atoms with Crippen LogP contribution in [-0.2, 0) is 24.7 Å². The smallest absolute Gasteiger partial charge is 0.253 e. The van der Waals surface area contributed by atoms with Gasteiger partial charge in [-0.3, -0.25) is 9.59 Å². The van der Waals surface area contributed by atoms with Gasteiger partial charge in [-0.2, -0.15) is 0 Å². The predicted octanol–water partition coefficient (Wildman–Crippen LogP) is 4.61.